The first-order chi connectivity index (χ1) is 16.3. The van der Waals surface area contributed by atoms with Gasteiger partial charge in [-0.05, 0) is 34.1 Å². The van der Waals surface area contributed by atoms with Crippen LogP contribution in [-0.4, -0.2) is 49.0 Å². The van der Waals surface area contributed by atoms with Gasteiger partial charge in [-0.3, -0.25) is 4.79 Å². The Morgan fingerprint density at radius 3 is 2.71 bits per heavy atom. The lowest BCUT2D eigenvalue weighted by Crippen LogP contribution is -2.33. The number of hydrogen-bond donors (Lipinski definition) is 2. The standard InChI is InChI=1S/C23H21F3N4O3S/c1-32-7-2-8-33-18-5-3-15(4-6-18)17-10-27-21-19(11-29-30(21)12-17)16-9-20(34-13-16)22(31)28-14-23(24,25)26/h3-6,9-13H,2,7-8,14H2,1H3,(H,28,31)/p+1. The minimum absolute atomic E-state index is 0.194. The quantitative estimate of drug-likeness (QED) is 0.271. The van der Waals surface area contributed by atoms with Crippen LogP contribution in [0.3, 0.4) is 0 Å². The second-order valence-corrected chi connectivity index (χ2v) is 8.35. The molecule has 0 fully saturated rings. The van der Waals surface area contributed by atoms with E-state index in [4.69, 9.17) is 9.47 Å². The number of carbonyl (C=O) groups is 1. The number of rotatable bonds is 9. The van der Waals surface area contributed by atoms with Gasteiger partial charge in [0.15, 0.2) is 6.20 Å². The summed E-state index contributed by atoms with van der Waals surface area (Å²) in [4.78, 5) is 16.8. The third-order valence-electron chi connectivity index (χ3n) is 4.94. The number of thiophene rings is 1. The molecule has 1 amide bonds. The number of amides is 1. The zero-order valence-electron chi connectivity index (χ0n) is 18.2. The molecular formula is C23H22F3N4O3S+. The first kappa shape index (κ1) is 23.7. The molecule has 4 rings (SSSR count). The summed E-state index contributed by atoms with van der Waals surface area (Å²) in [5.41, 5.74) is 3.89. The molecule has 4 aromatic rings. The van der Waals surface area contributed by atoms with Crippen molar-refractivity contribution < 1.29 is 32.0 Å². The van der Waals surface area contributed by atoms with Gasteiger partial charge in [-0.25, -0.2) is 5.10 Å². The Labute approximate surface area is 197 Å². The maximum absolute atomic E-state index is 12.3. The molecule has 11 heteroatoms. The van der Waals surface area contributed by atoms with E-state index in [-0.39, 0.29) is 4.88 Å². The monoisotopic (exact) mass is 491 g/mol. The van der Waals surface area contributed by atoms with Gasteiger partial charge in [0.25, 0.3) is 5.91 Å². The van der Waals surface area contributed by atoms with E-state index in [1.807, 2.05) is 35.8 Å². The second-order valence-electron chi connectivity index (χ2n) is 7.44. The molecule has 0 unspecified atom stereocenters. The topological polar surface area (TPSA) is 80.3 Å². The summed E-state index contributed by atoms with van der Waals surface area (Å²) in [6.45, 7) is -0.138. The molecule has 1 aromatic carbocycles. The number of nitrogens with one attached hydrogen (secondary N) is 2. The molecule has 0 aliphatic carbocycles. The number of carbonyl (C=O) groups excluding carboxylic acids is 1. The van der Waals surface area contributed by atoms with Crippen molar-refractivity contribution in [2.75, 3.05) is 26.9 Å². The highest BCUT2D eigenvalue weighted by Crippen LogP contribution is 2.28. The molecule has 3 aromatic heterocycles. The molecule has 0 bridgehead atoms. The summed E-state index contributed by atoms with van der Waals surface area (Å²) in [6, 6.07) is 9.25. The first-order valence-electron chi connectivity index (χ1n) is 10.4. The average molecular weight is 492 g/mol. The number of aromatic amines is 1. The van der Waals surface area contributed by atoms with Gasteiger partial charge in [0.2, 0.25) is 0 Å². The molecule has 0 atom stereocenters. The molecule has 7 nitrogen and oxygen atoms in total. The molecule has 0 aliphatic rings. The summed E-state index contributed by atoms with van der Waals surface area (Å²) in [5, 5.41) is 6.70. The van der Waals surface area contributed by atoms with Crippen LogP contribution in [0.1, 0.15) is 16.1 Å². The van der Waals surface area contributed by atoms with Gasteiger partial charge in [-0.1, -0.05) is 12.1 Å². The van der Waals surface area contributed by atoms with E-state index in [1.54, 1.807) is 35.5 Å². The summed E-state index contributed by atoms with van der Waals surface area (Å²) >= 11 is 1.08. The lowest BCUT2D eigenvalue weighted by Gasteiger charge is -2.06. The zero-order chi connectivity index (χ0) is 24.1. The van der Waals surface area contributed by atoms with Gasteiger partial charge in [0, 0.05) is 25.7 Å². The highest BCUT2D eigenvalue weighted by atomic mass is 32.1. The molecule has 178 valence electrons. The number of nitrogens with zero attached hydrogens (tertiary/aromatic N) is 2. The average Bonchev–Trinajstić information content (AvgIpc) is 3.47. The van der Waals surface area contributed by atoms with Crippen molar-refractivity contribution in [1.82, 2.24) is 15.4 Å². The summed E-state index contributed by atoms with van der Waals surface area (Å²) in [6.07, 6.45) is 1.73. The highest BCUT2D eigenvalue weighted by molar-refractivity contribution is 7.12. The molecule has 34 heavy (non-hydrogen) atoms. The van der Waals surface area contributed by atoms with E-state index < -0.39 is 18.6 Å². The largest absolute Gasteiger partial charge is 0.494 e. The Morgan fingerprint density at radius 1 is 1.18 bits per heavy atom. The third kappa shape index (κ3) is 5.72. The number of alkyl halides is 3. The van der Waals surface area contributed by atoms with Crippen molar-refractivity contribution in [3.63, 3.8) is 0 Å². The van der Waals surface area contributed by atoms with Gasteiger partial charge in [0.05, 0.1) is 28.8 Å². The maximum Gasteiger partial charge on any atom is 0.405 e. The molecule has 0 saturated heterocycles. The van der Waals surface area contributed by atoms with Gasteiger partial charge >= 0.3 is 11.8 Å². The Kier molecular flexibility index (Phi) is 7.13. The fourth-order valence-electron chi connectivity index (χ4n) is 3.29. The van der Waals surface area contributed by atoms with Crippen LogP contribution in [0.25, 0.3) is 27.9 Å². The number of ether oxygens (including phenoxy) is 2. The van der Waals surface area contributed by atoms with Crippen molar-refractivity contribution in [2.45, 2.75) is 12.6 Å². The van der Waals surface area contributed by atoms with Crippen molar-refractivity contribution in [3.05, 3.63) is 59.2 Å². The van der Waals surface area contributed by atoms with Crippen LogP contribution in [0.15, 0.2) is 54.3 Å². The summed E-state index contributed by atoms with van der Waals surface area (Å²) in [7, 11) is 1.66. The molecule has 0 spiro atoms. The third-order valence-corrected chi connectivity index (χ3v) is 5.87. The van der Waals surface area contributed by atoms with Crippen LogP contribution in [0.5, 0.6) is 5.75 Å². The van der Waals surface area contributed by atoms with Crippen LogP contribution in [0.2, 0.25) is 0 Å². The SMILES string of the molecule is COCCCOc1ccc(-c2cnc3c(-c4csc(C(=O)NCC(F)(F)F)c4)c[nH][n+]3c2)cc1. The minimum Gasteiger partial charge on any atom is -0.494 e. The van der Waals surface area contributed by atoms with Crippen molar-refractivity contribution >= 4 is 22.9 Å². The number of H-pyrrole nitrogens is 1. The fraction of sp³-hybridized carbons (Fsp3) is 0.261. The van der Waals surface area contributed by atoms with E-state index in [9.17, 15) is 18.0 Å². The lowest BCUT2D eigenvalue weighted by molar-refractivity contribution is -0.578. The van der Waals surface area contributed by atoms with E-state index in [0.29, 0.717) is 24.4 Å². The van der Waals surface area contributed by atoms with Crippen LogP contribution in [0.4, 0.5) is 13.2 Å². The Balaban J connectivity index is 1.48. The highest BCUT2D eigenvalue weighted by Gasteiger charge is 2.28. The lowest BCUT2D eigenvalue weighted by atomic mass is 10.1. The van der Waals surface area contributed by atoms with Crippen LogP contribution in [-0.2, 0) is 4.74 Å². The van der Waals surface area contributed by atoms with Crippen LogP contribution >= 0.6 is 11.3 Å². The Morgan fingerprint density at radius 2 is 1.97 bits per heavy atom. The predicted octanol–water partition coefficient (Wildman–Crippen LogP) is 4.25. The van der Waals surface area contributed by atoms with Crippen LogP contribution in [0, 0.1) is 0 Å². The number of fused-ring (bicyclic) bond motifs is 1. The predicted molar refractivity (Wildman–Crippen MR) is 121 cm³/mol. The van der Waals surface area contributed by atoms with Crippen molar-refractivity contribution in [3.8, 4) is 28.0 Å². The first-order valence-corrected chi connectivity index (χ1v) is 11.3. The Bertz CT molecular complexity index is 1270. The number of hydrogen-bond acceptors (Lipinski definition) is 5. The molecule has 0 aliphatic heterocycles. The molecule has 0 saturated carbocycles. The zero-order valence-corrected chi connectivity index (χ0v) is 19.0. The van der Waals surface area contributed by atoms with Gasteiger partial charge in [-0.2, -0.15) is 13.2 Å². The summed E-state index contributed by atoms with van der Waals surface area (Å²) in [5.74, 6) is 0.0127. The van der Waals surface area contributed by atoms with E-state index in [2.05, 4.69) is 10.1 Å². The van der Waals surface area contributed by atoms with E-state index in [0.717, 1.165) is 40.2 Å². The number of methoxy groups -OCH3 is 1. The number of halogens is 3. The van der Waals surface area contributed by atoms with Crippen LogP contribution < -0.4 is 14.6 Å². The second kappa shape index (κ2) is 10.2. The maximum atomic E-state index is 12.3. The molecule has 3 heterocycles. The Hall–Kier alpha value is -3.44. The van der Waals surface area contributed by atoms with Crippen molar-refractivity contribution in [2.24, 2.45) is 0 Å². The summed E-state index contributed by atoms with van der Waals surface area (Å²) < 4.78 is 49.5. The number of benzene rings is 1. The molecular weight excluding hydrogens is 469 g/mol. The normalized spacial score (nSPS) is 11.6. The van der Waals surface area contributed by atoms with Gasteiger partial charge in [0.1, 0.15) is 18.5 Å². The fourth-order valence-corrected chi connectivity index (χ4v) is 4.11. The van der Waals surface area contributed by atoms with E-state index in [1.165, 1.54) is 0 Å². The van der Waals surface area contributed by atoms with Crippen molar-refractivity contribution in [1.29, 1.82) is 0 Å². The van der Waals surface area contributed by atoms with Gasteiger partial charge in [-0.15, -0.1) is 15.9 Å². The molecule has 2 N–H and O–H groups in total. The minimum atomic E-state index is -4.46. The molecule has 0 radical (unpaired) electrons. The smallest absolute Gasteiger partial charge is 0.405 e. The van der Waals surface area contributed by atoms with E-state index >= 15 is 0 Å². The number of aromatic nitrogens is 3. The van der Waals surface area contributed by atoms with Gasteiger partial charge < -0.3 is 14.8 Å².